The van der Waals surface area contributed by atoms with Gasteiger partial charge in [-0.05, 0) is 18.6 Å². The van der Waals surface area contributed by atoms with Crippen molar-refractivity contribution in [3.63, 3.8) is 0 Å². The number of halogens is 3. The van der Waals surface area contributed by atoms with E-state index in [9.17, 15) is 18.0 Å². The van der Waals surface area contributed by atoms with E-state index in [-0.39, 0.29) is 11.3 Å². The molecule has 0 radical (unpaired) electrons. The molecule has 0 fully saturated rings. The van der Waals surface area contributed by atoms with Crippen LogP contribution in [0.3, 0.4) is 0 Å². The zero-order valence-corrected chi connectivity index (χ0v) is 7.12. The van der Waals surface area contributed by atoms with Crippen LogP contribution >= 0.6 is 0 Å². The third-order valence-corrected chi connectivity index (χ3v) is 1.68. The summed E-state index contributed by atoms with van der Waals surface area (Å²) in [7, 11) is 0. The average Bonchev–Trinajstić information content (AvgIpc) is 2.29. The monoisotopic (exact) mass is 191 g/mol. The molecule has 1 aromatic rings. The summed E-state index contributed by atoms with van der Waals surface area (Å²) >= 11 is 0. The molecule has 0 saturated heterocycles. The first kappa shape index (κ1) is 9.83. The van der Waals surface area contributed by atoms with Crippen LogP contribution in [0.5, 0.6) is 0 Å². The van der Waals surface area contributed by atoms with Crippen LogP contribution in [-0.4, -0.2) is 10.8 Å². The van der Waals surface area contributed by atoms with E-state index in [0.717, 1.165) is 0 Å². The first-order chi connectivity index (χ1) is 5.82. The molecular formula is C8H8F3NO. The van der Waals surface area contributed by atoms with E-state index >= 15 is 0 Å². The van der Waals surface area contributed by atoms with E-state index in [1.54, 1.807) is 0 Å². The summed E-state index contributed by atoms with van der Waals surface area (Å²) in [5.74, 6) is -0.404. The van der Waals surface area contributed by atoms with Crippen LogP contribution in [0.2, 0.25) is 0 Å². The number of aryl methyl sites for hydroxylation is 1. The number of alkyl halides is 3. The fraction of sp³-hybridized carbons (Fsp3) is 0.375. The fourth-order valence-corrected chi connectivity index (χ4v) is 1.04. The number of aromatic nitrogens is 1. The van der Waals surface area contributed by atoms with Crippen LogP contribution in [-0.2, 0) is 6.18 Å². The Morgan fingerprint density at radius 1 is 1.46 bits per heavy atom. The van der Waals surface area contributed by atoms with Gasteiger partial charge in [-0.1, -0.05) is 0 Å². The van der Waals surface area contributed by atoms with Gasteiger partial charge in [-0.3, -0.25) is 4.79 Å². The third-order valence-electron chi connectivity index (χ3n) is 1.68. The lowest BCUT2D eigenvalue weighted by Crippen LogP contribution is -2.07. The molecule has 5 heteroatoms. The van der Waals surface area contributed by atoms with Crippen LogP contribution < -0.4 is 0 Å². The van der Waals surface area contributed by atoms with Gasteiger partial charge in [0.15, 0.2) is 5.78 Å². The van der Waals surface area contributed by atoms with Crippen LogP contribution in [0, 0.1) is 6.92 Å². The Morgan fingerprint density at radius 3 is 2.23 bits per heavy atom. The highest BCUT2D eigenvalue weighted by atomic mass is 19.4. The smallest absolute Gasteiger partial charge is 0.348 e. The second kappa shape index (κ2) is 2.90. The minimum atomic E-state index is -4.42. The molecule has 72 valence electrons. The zero-order valence-electron chi connectivity index (χ0n) is 7.12. The molecule has 0 aliphatic heterocycles. The molecule has 0 saturated carbocycles. The molecule has 0 bridgehead atoms. The van der Waals surface area contributed by atoms with Crippen molar-refractivity contribution in [3.05, 3.63) is 23.0 Å². The van der Waals surface area contributed by atoms with Gasteiger partial charge in [0.05, 0.1) is 5.69 Å². The van der Waals surface area contributed by atoms with Crippen molar-refractivity contribution < 1.29 is 18.0 Å². The maximum atomic E-state index is 12.2. The highest BCUT2D eigenvalue weighted by Crippen LogP contribution is 2.31. The van der Waals surface area contributed by atoms with Gasteiger partial charge in [-0.15, -0.1) is 0 Å². The number of Topliss-reactive ketones (excluding diaryl/α,β-unsaturated/α-hetero) is 1. The fourth-order valence-electron chi connectivity index (χ4n) is 1.04. The summed E-state index contributed by atoms with van der Waals surface area (Å²) in [6.45, 7) is 2.52. The molecule has 0 atom stereocenters. The summed E-state index contributed by atoms with van der Waals surface area (Å²) in [4.78, 5) is 12.8. The van der Waals surface area contributed by atoms with E-state index in [0.29, 0.717) is 0 Å². The maximum absolute atomic E-state index is 12.2. The van der Waals surface area contributed by atoms with E-state index in [1.165, 1.54) is 19.9 Å². The number of carbonyl (C=O) groups is 1. The van der Waals surface area contributed by atoms with Crippen LogP contribution in [0.1, 0.15) is 28.7 Å². The van der Waals surface area contributed by atoms with Gasteiger partial charge in [-0.25, -0.2) is 0 Å². The van der Waals surface area contributed by atoms with Crippen molar-refractivity contribution in [2.45, 2.75) is 20.0 Å². The van der Waals surface area contributed by atoms with Crippen molar-refractivity contribution in [1.82, 2.24) is 4.98 Å². The second-order valence-electron chi connectivity index (χ2n) is 2.79. The average molecular weight is 191 g/mol. The first-order valence-corrected chi connectivity index (χ1v) is 3.60. The molecule has 1 heterocycles. The number of hydrogen-bond donors (Lipinski definition) is 1. The first-order valence-electron chi connectivity index (χ1n) is 3.60. The molecule has 1 rings (SSSR count). The molecule has 1 aromatic heterocycles. The molecule has 2 nitrogen and oxygen atoms in total. The van der Waals surface area contributed by atoms with Crippen LogP contribution in [0.4, 0.5) is 13.2 Å². The molecule has 0 spiro atoms. The van der Waals surface area contributed by atoms with Crippen molar-refractivity contribution in [2.75, 3.05) is 0 Å². The Balaban J connectivity index is 3.18. The minimum Gasteiger partial charge on any atom is -0.348 e. The molecule has 0 aromatic carbocycles. The number of aromatic amines is 1. The predicted molar refractivity (Wildman–Crippen MR) is 40.5 cm³/mol. The molecular weight excluding hydrogens is 183 g/mol. The topological polar surface area (TPSA) is 32.9 Å². The SMILES string of the molecule is CC(=O)c1cc(C)c(C(F)(F)F)[nH]1. The third kappa shape index (κ3) is 1.91. The van der Waals surface area contributed by atoms with Crippen molar-refractivity contribution in [2.24, 2.45) is 0 Å². The lowest BCUT2D eigenvalue weighted by Gasteiger charge is -2.03. The van der Waals surface area contributed by atoms with Gasteiger partial charge in [0.2, 0.25) is 0 Å². The van der Waals surface area contributed by atoms with Crippen LogP contribution in [0.25, 0.3) is 0 Å². The quantitative estimate of drug-likeness (QED) is 0.680. The van der Waals surface area contributed by atoms with Gasteiger partial charge in [-0.2, -0.15) is 13.2 Å². The summed E-state index contributed by atoms with van der Waals surface area (Å²) in [5.41, 5.74) is -0.819. The number of hydrogen-bond acceptors (Lipinski definition) is 1. The number of rotatable bonds is 1. The second-order valence-corrected chi connectivity index (χ2v) is 2.79. The number of nitrogens with one attached hydrogen (secondary N) is 1. The molecule has 1 N–H and O–H groups in total. The lowest BCUT2D eigenvalue weighted by atomic mass is 10.2. The molecule has 0 amide bonds. The van der Waals surface area contributed by atoms with Crippen molar-refractivity contribution in [3.8, 4) is 0 Å². The van der Waals surface area contributed by atoms with E-state index < -0.39 is 17.7 Å². The summed E-state index contributed by atoms with van der Waals surface area (Å²) in [5, 5.41) is 0. The van der Waals surface area contributed by atoms with Gasteiger partial charge < -0.3 is 4.98 Å². The largest absolute Gasteiger partial charge is 0.431 e. The Morgan fingerprint density at radius 2 is 2.00 bits per heavy atom. The van der Waals surface area contributed by atoms with Gasteiger partial charge >= 0.3 is 6.18 Å². The standard InChI is InChI=1S/C8H8F3NO/c1-4-3-6(5(2)13)12-7(4)8(9,10)11/h3,12H,1-2H3. The summed E-state index contributed by atoms with van der Waals surface area (Å²) in [6, 6.07) is 1.20. The maximum Gasteiger partial charge on any atom is 0.431 e. The number of ketones is 1. The number of carbonyl (C=O) groups excluding carboxylic acids is 1. The van der Waals surface area contributed by atoms with Gasteiger partial charge in [0, 0.05) is 6.92 Å². The highest BCUT2D eigenvalue weighted by Gasteiger charge is 2.34. The predicted octanol–water partition coefficient (Wildman–Crippen LogP) is 2.54. The molecule has 0 unspecified atom stereocenters. The minimum absolute atomic E-state index is 0.00942. The summed E-state index contributed by atoms with van der Waals surface area (Å²) in [6.07, 6.45) is -4.42. The normalized spacial score (nSPS) is 11.8. The molecule has 0 aliphatic carbocycles. The Bertz CT molecular complexity index is 338. The zero-order chi connectivity index (χ0) is 10.2. The van der Waals surface area contributed by atoms with Crippen LogP contribution in [0.15, 0.2) is 6.07 Å². The highest BCUT2D eigenvalue weighted by molar-refractivity contribution is 5.92. The van der Waals surface area contributed by atoms with Crippen molar-refractivity contribution in [1.29, 1.82) is 0 Å². The lowest BCUT2D eigenvalue weighted by molar-refractivity contribution is -0.141. The van der Waals surface area contributed by atoms with E-state index in [1.807, 2.05) is 4.98 Å². The van der Waals surface area contributed by atoms with Gasteiger partial charge in [0.1, 0.15) is 5.69 Å². The summed E-state index contributed by atoms with van der Waals surface area (Å²) < 4.78 is 36.5. The van der Waals surface area contributed by atoms with E-state index in [2.05, 4.69) is 0 Å². The number of H-pyrrole nitrogens is 1. The van der Waals surface area contributed by atoms with Crippen molar-refractivity contribution >= 4 is 5.78 Å². The molecule has 13 heavy (non-hydrogen) atoms. The van der Waals surface area contributed by atoms with E-state index in [4.69, 9.17) is 0 Å². The Labute approximate surface area is 72.8 Å². The Kier molecular flexibility index (Phi) is 2.19. The Hall–Kier alpha value is -1.26. The van der Waals surface area contributed by atoms with Gasteiger partial charge in [0.25, 0.3) is 0 Å². The molecule has 0 aliphatic rings.